The number of hydrogen-bond acceptors (Lipinski definition) is 2. The molecule has 0 amide bonds. The Kier molecular flexibility index (Phi) is 2.84. The SMILES string of the molecule is CC(=O)c1cc(C)c(C#N)cc1Br. The van der Waals surface area contributed by atoms with Crippen LogP contribution in [0.5, 0.6) is 0 Å². The molecule has 0 atom stereocenters. The number of hydrogen-bond donors (Lipinski definition) is 0. The number of nitrogens with zero attached hydrogens (tertiary/aromatic N) is 1. The molecule has 2 nitrogen and oxygen atoms in total. The van der Waals surface area contributed by atoms with Crippen molar-refractivity contribution >= 4 is 21.7 Å². The highest BCUT2D eigenvalue weighted by Gasteiger charge is 2.08. The second kappa shape index (κ2) is 3.71. The summed E-state index contributed by atoms with van der Waals surface area (Å²) >= 11 is 3.25. The van der Waals surface area contributed by atoms with Crippen LogP contribution in [0.2, 0.25) is 0 Å². The second-order valence-electron chi connectivity index (χ2n) is 2.81. The molecule has 0 aliphatic rings. The highest BCUT2D eigenvalue weighted by Crippen LogP contribution is 2.21. The Morgan fingerprint density at radius 3 is 2.62 bits per heavy atom. The first-order valence-electron chi connectivity index (χ1n) is 3.77. The van der Waals surface area contributed by atoms with E-state index >= 15 is 0 Å². The predicted molar refractivity (Wildman–Crippen MR) is 53.6 cm³/mol. The van der Waals surface area contributed by atoms with Crippen molar-refractivity contribution in [2.75, 3.05) is 0 Å². The molecule has 0 saturated carbocycles. The Hall–Kier alpha value is -1.14. The molecule has 0 aliphatic heterocycles. The van der Waals surface area contributed by atoms with E-state index in [1.54, 1.807) is 12.1 Å². The van der Waals surface area contributed by atoms with Crippen LogP contribution in [-0.2, 0) is 0 Å². The van der Waals surface area contributed by atoms with E-state index in [0.29, 0.717) is 15.6 Å². The second-order valence-corrected chi connectivity index (χ2v) is 3.67. The molecule has 0 radical (unpaired) electrons. The van der Waals surface area contributed by atoms with Gasteiger partial charge in [-0.15, -0.1) is 0 Å². The van der Waals surface area contributed by atoms with Crippen molar-refractivity contribution in [1.82, 2.24) is 0 Å². The summed E-state index contributed by atoms with van der Waals surface area (Å²) in [6, 6.07) is 5.46. The molecule has 0 saturated heterocycles. The maximum absolute atomic E-state index is 11.1. The minimum atomic E-state index is -0.000496. The van der Waals surface area contributed by atoms with Gasteiger partial charge < -0.3 is 0 Å². The lowest BCUT2D eigenvalue weighted by Crippen LogP contribution is -1.96. The van der Waals surface area contributed by atoms with Crippen LogP contribution in [0.3, 0.4) is 0 Å². The number of Topliss-reactive ketones (excluding diaryl/α,β-unsaturated/α-hetero) is 1. The van der Waals surface area contributed by atoms with Gasteiger partial charge in [0, 0.05) is 10.0 Å². The fourth-order valence-corrected chi connectivity index (χ4v) is 1.69. The van der Waals surface area contributed by atoms with Gasteiger partial charge in [0.2, 0.25) is 0 Å². The lowest BCUT2D eigenvalue weighted by Gasteiger charge is -2.03. The minimum Gasteiger partial charge on any atom is -0.294 e. The largest absolute Gasteiger partial charge is 0.294 e. The Bertz CT molecular complexity index is 404. The van der Waals surface area contributed by atoms with Crippen LogP contribution in [0.1, 0.15) is 28.4 Å². The quantitative estimate of drug-likeness (QED) is 0.706. The Morgan fingerprint density at radius 1 is 1.54 bits per heavy atom. The molecular weight excluding hydrogens is 230 g/mol. The van der Waals surface area contributed by atoms with Gasteiger partial charge >= 0.3 is 0 Å². The number of rotatable bonds is 1. The molecule has 0 aliphatic carbocycles. The van der Waals surface area contributed by atoms with Gasteiger partial charge in [0.1, 0.15) is 0 Å². The third kappa shape index (κ3) is 1.96. The first-order valence-corrected chi connectivity index (χ1v) is 4.56. The zero-order valence-electron chi connectivity index (χ0n) is 7.39. The van der Waals surface area contributed by atoms with Crippen molar-refractivity contribution in [2.24, 2.45) is 0 Å². The standard InChI is InChI=1S/C10H8BrNO/c1-6-3-9(7(2)13)10(11)4-8(6)5-12/h3-4H,1-2H3. The summed E-state index contributed by atoms with van der Waals surface area (Å²) in [5.41, 5.74) is 2.05. The van der Waals surface area contributed by atoms with Gasteiger partial charge in [-0.3, -0.25) is 4.79 Å². The van der Waals surface area contributed by atoms with Crippen LogP contribution in [0.4, 0.5) is 0 Å². The third-order valence-electron chi connectivity index (χ3n) is 1.81. The van der Waals surface area contributed by atoms with E-state index < -0.39 is 0 Å². The highest BCUT2D eigenvalue weighted by molar-refractivity contribution is 9.10. The Balaban J connectivity index is 3.39. The van der Waals surface area contributed by atoms with Gasteiger partial charge in [0.05, 0.1) is 11.6 Å². The van der Waals surface area contributed by atoms with Crippen molar-refractivity contribution in [3.8, 4) is 6.07 Å². The molecule has 0 fully saturated rings. The van der Waals surface area contributed by atoms with Crippen LogP contribution in [0.25, 0.3) is 0 Å². The molecule has 1 aromatic carbocycles. The lowest BCUT2D eigenvalue weighted by atomic mass is 10.0. The van der Waals surface area contributed by atoms with Crippen LogP contribution < -0.4 is 0 Å². The van der Waals surface area contributed by atoms with Crippen molar-refractivity contribution in [2.45, 2.75) is 13.8 Å². The van der Waals surface area contributed by atoms with Gasteiger partial charge in [-0.1, -0.05) is 15.9 Å². The molecule has 1 rings (SSSR count). The fraction of sp³-hybridized carbons (Fsp3) is 0.200. The summed E-state index contributed by atoms with van der Waals surface area (Å²) in [5.74, 6) is -0.000496. The van der Waals surface area contributed by atoms with Crippen molar-refractivity contribution in [3.05, 3.63) is 33.3 Å². The van der Waals surface area contributed by atoms with E-state index in [0.717, 1.165) is 5.56 Å². The van der Waals surface area contributed by atoms with Crippen molar-refractivity contribution in [3.63, 3.8) is 0 Å². The zero-order chi connectivity index (χ0) is 10.0. The first-order chi connectivity index (χ1) is 6.06. The van der Waals surface area contributed by atoms with E-state index in [-0.39, 0.29) is 5.78 Å². The van der Waals surface area contributed by atoms with Crippen LogP contribution in [0.15, 0.2) is 16.6 Å². The molecule has 66 valence electrons. The summed E-state index contributed by atoms with van der Waals surface area (Å²) in [5, 5.41) is 8.72. The molecule has 0 unspecified atom stereocenters. The van der Waals surface area contributed by atoms with Crippen LogP contribution in [-0.4, -0.2) is 5.78 Å². The molecule has 0 bridgehead atoms. The summed E-state index contributed by atoms with van der Waals surface area (Å²) in [4.78, 5) is 11.1. The number of ketones is 1. The van der Waals surface area contributed by atoms with E-state index in [9.17, 15) is 4.79 Å². The van der Waals surface area contributed by atoms with Gasteiger partial charge in [0.25, 0.3) is 0 Å². The number of nitriles is 1. The predicted octanol–water partition coefficient (Wildman–Crippen LogP) is 2.83. The molecule has 0 aromatic heterocycles. The normalized spacial score (nSPS) is 9.38. The number of benzene rings is 1. The van der Waals surface area contributed by atoms with E-state index in [1.807, 2.05) is 6.92 Å². The number of carbonyl (C=O) groups is 1. The maximum Gasteiger partial charge on any atom is 0.160 e. The van der Waals surface area contributed by atoms with E-state index in [2.05, 4.69) is 22.0 Å². The smallest absolute Gasteiger partial charge is 0.160 e. The van der Waals surface area contributed by atoms with E-state index in [1.165, 1.54) is 6.92 Å². The monoisotopic (exact) mass is 237 g/mol. The lowest BCUT2D eigenvalue weighted by molar-refractivity contribution is 0.101. The summed E-state index contributed by atoms with van der Waals surface area (Å²) in [6.07, 6.45) is 0. The summed E-state index contributed by atoms with van der Waals surface area (Å²) < 4.78 is 0.683. The fourth-order valence-electron chi connectivity index (χ4n) is 1.07. The van der Waals surface area contributed by atoms with Gasteiger partial charge in [-0.2, -0.15) is 5.26 Å². The van der Waals surface area contributed by atoms with Gasteiger partial charge in [-0.05, 0) is 31.5 Å². The topological polar surface area (TPSA) is 40.9 Å². The Labute approximate surface area is 85.3 Å². The molecule has 0 spiro atoms. The molecule has 0 N–H and O–H groups in total. The van der Waals surface area contributed by atoms with Gasteiger partial charge in [0.15, 0.2) is 5.78 Å². The highest BCUT2D eigenvalue weighted by atomic mass is 79.9. The molecule has 0 heterocycles. The summed E-state index contributed by atoms with van der Waals surface area (Å²) in [6.45, 7) is 3.32. The molecule has 13 heavy (non-hydrogen) atoms. The Morgan fingerprint density at radius 2 is 2.15 bits per heavy atom. The first kappa shape index (κ1) is 9.94. The zero-order valence-corrected chi connectivity index (χ0v) is 8.97. The summed E-state index contributed by atoms with van der Waals surface area (Å²) in [7, 11) is 0. The van der Waals surface area contributed by atoms with Crippen molar-refractivity contribution in [1.29, 1.82) is 5.26 Å². The average molecular weight is 238 g/mol. The van der Waals surface area contributed by atoms with Crippen LogP contribution >= 0.6 is 15.9 Å². The van der Waals surface area contributed by atoms with Crippen molar-refractivity contribution < 1.29 is 4.79 Å². The number of halogens is 1. The van der Waals surface area contributed by atoms with Gasteiger partial charge in [-0.25, -0.2) is 0 Å². The minimum absolute atomic E-state index is 0.000496. The molecule has 3 heteroatoms. The number of carbonyl (C=O) groups excluding carboxylic acids is 1. The van der Waals surface area contributed by atoms with Crippen LogP contribution in [0, 0.1) is 18.3 Å². The average Bonchev–Trinajstić information content (AvgIpc) is 2.07. The maximum atomic E-state index is 11.1. The molecule has 1 aromatic rings. The van der Waals surface area contributed by atoms with E-state index in [4.69, 9.17) is 5.26 Å². The third-order valence-corrected chi connectivity index (χ3v) is 2.47. The number of aryl methyl sites for hydroxylation is 1. The molecular formula is C10H8BrNO.